The van der Waals surface area contributed by atoms with Gasteiger partial charge in [-0.3, -0.25) is 0 Å². The van der Waals surface area contributed by atoms with Crippen LogP contribution in [0, 0.1) is 0 Å². The van der Waals surface area contributed by atoms with Crippen LogP contribution in [0.5, 0.6) is 23.0 Å². The molecule has 0 amide bonds. The molecule has 0 saturated heterocycles. The maximum Gasteiger partial charge on any atom is 0.150 e. The summed E-state index contributed by atoms with van der Waals surface area (Å²) in [6.45, 7) is 27.0. The van der Waals surface area contributed by atoms with Crippen molar-refractivity contribution in [2.45, 2.75) is 87.1 Å². The van der Waals surface area contributed by atoms with Gasteiger partial charge in [0.15, 0.2) is 5.75 Å². The lowest BCUT2D eigenvalue weighted by Gasteiger charge is -2.20. The third-order valence-corrected chi connectivity index (χ3v) is 8.94. The van der Waals surface area contributed by atoms with Crippen LogP contribution in [-0.4, -0.2) is 108 Å². The van der Waals surface area contributed by atoms with Crippen LogP contribution in [0.2, 0.25) is 0 Å². The molecule has 2 aromatic carbocycles. The van der Waals surface area contributed by atoms with Gasteiger partial charge in [-0.1, -0.05) is 54.9 Å². The van der Waals surface area contributed by atoms with Crippen molar-refractivity contribution >= 4 is 11.0 Å². The van der Waals surface area contributed by atoms with Gasteiger partial charge in [0.05, 0.1) is 24.3 Å². The van der Waals surface area contributed by atoms with Crippen LogP contribution in [0.15, 0.2) is 30.3 Å². The number of aryl methyl sites for hydroxylation is 1. The number of phenolic OH excluding ortho intramolecular Hbond substituents is 1. The second-order valence-electron chi connectivity index (χ2n) is 12.2. The second-order valence-corrected chi connectivity index (χ2v) is 12.2. The molecule has 0 unspecified atom stereocenters. The van der Waals surface area contributed by atoms with E-state index in [0.717, 1.165) is 131 Å². The van der Waals surface area contributed by atoms with Gasteiger partial charge in [-0.05, 0) is 77.1 Å². The maximum atomic E-state index is 10.5. The number of fused-ring (bicyclic) bond motifs is 1. The zero-order valence-corrected chi connectivity index (χ0v) is 30.5. The lowest BCUT2D eigenvalue weighted by Crippen LogP contribution is -2.29. The van der Waals surface area contributed by atoms with Gasteiger partial charge in [-0.2, -0.15) is 0 Å². The minimum absolute atomic E-state index is 0.179. The maximum absolute atomic E-state index is 10.5. The number of imidazole rings is 1. The van der Waals surface area contributed by atoms with Crippen LogP contribution < -0.4 is 14.2 Å². The highest BCUT2D eigenvalue weighted by Crippen LogP contribution is 2.39. The molecule has 1 aromatic heterocycles. The minimum Gasteiger partial charge on any atom is -0.508 e. The highest BCUT2D eigenvalue weighted by atomic mass is 16.5. The van der Waals surface area contributed by atoms with Crippen molar-refractivity contribution in [1.82, 2.24) is 24.3 Å². The van der Waals surface area contributed by atoms with Crippen LogP contribution in [0.4, 0.5) is 0 Å². The summed E-state index contributed by atoms with van der Waals surface area (Å²) in [5, 5.41) is 10.5. The highest BCUT2D eigenvalue weighted by Gasteiger charge is 2.21. The first-order valence-corrected chi connectivity index (χ1v) is 18.4. The van der Waals surface area contributed by atoms with Crippen LogP contribution in [0.3, 0.4) is 0 Å². The molecule has 0 aliphatic heterocycles. The van der Waals surface area contributed by atoms with E-state index in [2.05, 4.69) is 73.8 Å². The first kappa shape index (κ1) is 38.4. The summed E-state index contributed by atoms with van der Waals surface area (Å²) >= 11 is 0. The molecule has 1 heterocycles. The fourth-order valence-electron chi connectivity index (χ4n) is 5.98. The van der Waals surface area contributed by atoms with Gasteiger partial charge in [0.25, 0.3) is 0 Å². The van der Waals surface area contributed by atoms with Crippen molar-refractivity contribution in [3.8, 4) is 34.4 Å². The van der Waals surface area contributed by atoms with Gasteiger partial charge in [-0.25, -0.2) is 4.98 Å². The van der Waals surface area contributed by atoms with Crippen molar-refractivity contribution in [2.75, 3.05) is 78.7 Å². The van der Waals surface area contributed by atoms with Gasteiger partial charge in [0, 0.05) is 44.4 Å². The molecule has 9 nitrogen and oxygen atoms in total. The summed E-state index contributed by atoms with van der Waals surface area (Å²) in [7, 11) is 0. The Balaban J connectivity index is 2.01. The summed E-state index contributed by atoms with van der Waals surface area (Å²) < 4.78 is 21.5. The summed E-state index contributed by atoms with van der Waals surface area (Å²) in [5.74, 6) is 3.18. The molecule has 47 heavy (non-hydrogen) atoms. The third-order valence-electron chi connectivity index (χ3n) is 8.94. The smallest absolute Gasteiger partial charge is 0.150 e. The van der Waals surface area contributed by atoms with Gasteiger partial charge in [0.1, 0.15) is 35.2 Å². The number of unbranched alkanes of at least 4 members (excludes halogenated alkanes) is 1. The van der Waals surface area contributed by atoms with Gasteiger partial charge in [-0.15, -0.1) is 0 Å². The Kier molecular flexibility index (Phi) is 17.2. The number of benzene rings is 2. The second kappa shape index (κ2) is 21.1. The van der Waals surface area contributed by atoms with Crippen molar-refractivity contribution in [2.24, 2.45) is 0 Å². The molecule has 0 radical (unpaired) electrons. The summed E-state index contributed by atoms with van der Waals surface area (Å²) in [6, 6.07) is 9.49. The number of nitrogens with zero attached hydrogens (tertiary/aromatic N) is 5. The highest BCUT2D eigenvalue weighted by molar-refractivity contribution is 5.88. The van der Waals surface area contributed by atoms with Gasteiger partial charge >= 0.3 is 0 Å². The number of phenols is 1. The molecule has 3 rings (SSSR count). The third kappa shape index (κ3) is 11.6. The molecule has 0 aliphatic carbocycles. The number of aromatic nitrogens is 2. The SMILES string of the molecule is CCCCn1c(-c2ccc(O)cc2OCCN(CC)CCC)nc2c(OCCCN(CC)CC)cc(OCCCN(CC)CC)cc21. The van der Waals surface area contributed by atoms with Crippen LogP contribution in [-0.2, 0) is 6.54 Å². The molecule has 3 aromatic rings. The van der Waals surface area contributed by atoms with Crippen molar-refractivity contribution in [1.29, 1.82) is 0 Å². The fourth-order valence-corrected chi connectivity index (χ4v) is 5.98. The zero-order valence-electron chi connectivity index (χ0n) is 30.5. The van der Waals surface area contributed by atoms with Crippen LogP contribution in [0.1, 0.15) is 80.6 Å². The van der Waals surface area contributed by atoms with E-state index in [4.69, 9.17) is 19.2 Å². The quantitative estimate of drug-likeness (QED) is 0.0941. The molecule has 0 bridgehead atoms. The predicted octanol–water partition coefficient (Wildman–Crippen LogP) is 7.54. The summed E-state index contributed by atoms with van der Waals surface area (Å²) in [6.07, 6.45) is 5.06. The number of likely N-dealkylation sites (N-methyl/N-ethyl adjacent to an activating group) is 1. The van der Waals surface area contributed by atoms with Crippen molar-refractivity contribution in [3.05, 3.63) is 30.3 Å². The number of hydrogen-bond donors (Lipinski definition) is 1. The van der Waals surface area contributed by atoms with Gasteiger partial charge < -0.3 is 38.6 Å². The van der Waals surface area contributed by atoms with E-state index in [1.807, 2.05) is 12.1 Å². The molecule has 9 heteroatoms. The number of rotatable bonds is 25. The molecule has 0 aliphatic rings. The van der Waals surface area contributed by atoms with Gasteiger partial charge in [0.2, 0.25) is 0 Å². The first-order valence-electron chi connectivity index (χ1n) is 18.4. The normalized spacial score (nSPS) is 11.8. The van der Waals surface area contributed by atoms with E-state index < -0.39 is 0 Å². The Labute approximate surface area is 284 Å². The van der Waals surface area contributed by atoms with Crippen LogP contribution in [0.25, 0.3) is 22.4 Å². The predicted molar refractivity (Wildman–Crippen MR) is 195 cm³/mol. The summed E-state index contributed by atoms with van der Waals surface area (Å²) in [4.78, 5) is 12.5. The van der Waals surface area contributed by atoms with E-state index in [1.165, 1.54) is 0 Å². The fraction of sp³-hybridized carbons (Fsp3) is 0.658. The number of hydrogen-bond acceptors (Lipinski definition) is 8. The zero-order chi connectivity index (χ0) is 34.0. The van der Waals surface area contributed by atoms with Crippen molar-refractivity contribution < 1.29 is 19.3 Å². The van der Waals surface area contributed by atoms with E-state index in [0.29, 0.717) is 25.6 Å². The largest absolute Gasteiger partial charge is 0.508 e. The first-order chi connectivity index (χ1) is 22.9. The standard InChI is InChI=1S/C38H63N5O4/c1-8-15-23-43-34-29-32(45-25-16-21-40(10-3)11-4)30-36(46-26-17-22-41(12-5)13-6)37(34)39-38(43)33-19-18-31(44)28-35(33)47-27-24-42(14-7)20-9-2/h18-19,28-30,44H,8-17,20-27H2,1-7H3. The molecule has 1 N–H and O–H groups in total. The Hall–Kier alpha value is -3.01. The molecule has 264 valence electrons. The molecule has 0 spiro atoms. The Morgan fingerprint density at radius 2 is 1.28 bits per heavy atom. The average Bonchev–Trinajstić information content (AvgIpc) is 3.45. The van der Waals surface area contributed by atoms with E-state index >= 15 is 0 Å². The Bertz CT molecular complexity index is 1300. The molecule has 0 saturated carbocycles. The number of ether oxygens (including phenoxy) is 3. The van der Waals surface area contributed by atoms with Crippen molar-refractivity contribution in [3.63, 3.8) is 0 Å². The topological polar surface area (TPSA) is 75.5 Å². The van der Waals surface area contributed by atoms with E-state index in [-0.39, 0.29) is 5.75 Å². The average molecular weight is 654 g/mol. The number of aromatic hydroxyl groups is 1. The Morgan fingerprint density at radius 3 is 1.89 bits per heavy atom. The molecule has 0 atom stereocenters. The summed E-state index contributed by atoms with van der Waals surface area (Å²) in [5.41, 5.74) is 2.68. The minimum atomic E-state index is 0.179. The van der Waals surface area contributed by atoms with Crippen LogP contribution >= 0.6 is 0 Å². The molecule has 0 fully saturated rings. The monoisotopic (exact) mass is 653 g/mol. The van der Waals surface area contributed by atoms with E-state index in [1.54, 1.807) is 12.1 Å². The Morgan fingerprint density at radius 1 is 0.638 bits per heavy atom. The lowest BCUT2D eigenvalue weighted by molar-refractivity contribution is 0.216. The molecular weight excluding hydrogens is 590 g/mol. The lowest BCUT2D eigenvalue weighted by atomic mass is 10.1. The molecular formula is C38H63N5O4. The van der Waals surface area contributed by atoms with E-state index in [9.17, 15) is 5.11 Å².